The highest BCUT2D eigenvalue weighted by Gasteiger charge is 2.20. The number of nitrogens with zero attached hydrogens (tertiary/aromatic N) is 1. The van der Waals surface area contributed by atoms with Crippen LogP contribution in [0.2, 0.25) is 5.02 Å². The van der Waals surface area contributed by atoms with Gasteiger partial charge in [-0.2, -0.15) is 0 Å². The highest BCUT2D eigenvalue weighted by atomic mass is 35.5. The smallest absolute Gasteiger partial charge is 0.144 e. The molecular weight excluding hydrogens is 282 g/mol. The van der Waals surface area contributed by atoms with E-state index in [1.54, 1.807) is 0 Å². The van der Waals surface area contributed by atoms with Crippen molar-refractivity contribution in [2.24, 2.45) is 17.8 Å². The van der Waals surface area contributed by atoms with E-state index in [9.17, 15) is 0 Å². The summed E-state index contributed by atoms with van der Waals surface area (Å²) in [6.45, 7) is 10.9. The normalized spacial score (nSPS) is 15.2. The van der Waals surface area contributed by atoms with E-state index in [2.05, 4.69) is 43.3 Å². The molecule has 2 rings (SSSR count). The summed E-state index contributed by atoms with van der Waals surface area (Å²) in [5.41, 5.74) is 1.15. The highest BCUT2D eigenvalue weighted by molar-refractivity contribution is 6.32. The van der Waals surface area contributed by atoms with Gasteiger partial charge >= 0.3 is 0 Å². The Bertz CT molecular complexity index is 447. The summed E-state index contributed by atoms with van der Waals surface area (Å²) < 4.78 is 0. The van der Waals surface area contributed by atoms with Gasteiger partial charge in [0.2, 0.25) is 0 Å². The molecule has 1 aromatic rings. The van der Waals surface area contributed by atoms with Crippen LogP contribution in [0.5, 0.6) is 0 Å². The van der Waals surface area contributed by atoms with Gasteiger partial charge in [0.1, 0.15) is 5.82 Å². The maximum Gasteiger partial charge on any atom is 0.144 e. The molecule has 2 N–H and O–H groups in total. The van der Waals surface area contributed by atoms with Crippen molar-refractivity contribution < 1.29 is 0 Å². The van der Waals surface area contributed by atoms with Crippen LogP contribution in [0, 0.1) is 17.8 Å². The molecule has 1 aromatic heterocycles. The van der Waals surface area contributed by atoms with E-state index < -0.39 is 0 Å². The Labute approximate surface area is 133 Å². The van der Waals surface area contributed by atoms with Crippen molar-refractivity contribution in [1.29, 1.82) is 0 Å². The molecule has 0 amide bonds. The SMILES string of the molecule is CC(C)C(CNc1ncc(CNC2CC2)cc1Cl)C(C)C. The number of hydrogen-bond acceptors (Lipinski definition) is 3. The minimum absolute atomic E-state index is 0.624. The van der Waals surface area contributed by atoms with Crippen LogP contribution in [-0.2, 0) is 6.54 Å². The van der Waals surface area contributed by atoms with Gasteiger partial charge in [-0.15, -0.1) is 0 Å². The minimum Gasteiger partial charge on any atom is -0.369 e. The van der Waals surface area contributed by atoms with E-state index in [1.165, 1.54) is 12.8 Å². The van der Waals surface area contributed by atoms with E-state index in [0.29, 0.717) is 23.8 Å². The van der Waals surface area contributed by atoms with Crippen molar-refractivity contribution in [2.45, 2.75) is 53.1 Å². The fourth-order valence-corrected chi connectivity index (χ4v) is 2.97. The van der Waals surface area contributed by atoms with E-state index >= 15 is 0 Å². The second-order valence-electron chi connectivity index (χ2n) is 6.86. The lowest BCUT2D eigenvalue weighted by molar-refractivity contribution is 0.304. The monoisotopic (exact) mass is 309 g/mol. The number of nitrogens with one attached hydrogen (secondary N) is 2. The summed E-state index contributed by atoms with van der Waals surface area (Å²) in [7, 11) is 0. The molecule has 0 atom stereocenters. The standard InChI is InChI=1S/C17H28ClN3/c1-11(2)15(12(3)4)10-21-17-16(18)7-13(9-20-17)8-19-14-5-6-14/h7,9,11-12,14-15,19H,5-6,8,10H2,1-4H3,(H,20,21). The fourth-order valence-electron chi connectivity index (χ4n) is 2.71. The quantitative estimate of drug-likeness (QED) is 0.750. The van der Waals surface area contributed by atoms with Crippen LogP contribution in [0.1, 0.15) is 46.1 Å². The maximum atomic E-state index is 6.35. The lowest BCUT2D eigenvalue weighted by Crippen LogP contribution is -2.25. The van der Waals surface area contributed by atoms with Gasteiger partial charge in [0.05, 0.1) is 5.02 Å². The van der Waals surface area contributed by atoms with Crippen LogP contribution in [0.25, 0.3) is 0 Å². The zero-order chi connectivity index (χ0) is 15.4. The van der Waals surface area contributed by atoms with E-state index in [-0.39, 0.29) is 0 Å². The number of rotatable bonds is 8. The zero-order valence-electron chi connectivity index (χ0n) is 13.6. The van der Waals surface area contributed by atoms with Crippen LogP contribution >= 0.6 is 11.6 Å². The van der Waals surface area contributed by atoms with Gasteiger partial charge in [0, 0.05) is 25.3 Å². The van der Waals surface area contributed by atoms with Gasteiger partial charge in [0.25, 0.3) is 0 Å². The Balaban J connectivity index is 1.90. The molecular formula is C17H28ClN3. The molecule has 1 saturated carbocycles. The average Bonchev–Trinajstić information content (AvgIpc) is 3.22. The van der Waals surface area contributed by atoms with Crippen LogP contribution in [0.4, 0.5) is 5.82 Å². The van der Waals surface area contributed by atoms with Gasteiger partial charge in [-0.3, -0.25) is 0 Å². The molecule has 0 aromatic carbocycles. The van der Waals surface area contributed by atoms with E-state index in [0.717, 1.165) is 29.5 Å². The Morgan fingerprint density at radius 1 is 1.24 bits per heavy atom. The summed E-state index contributed by atoms with van der Waals surface area (Å²) in [6.07, 6.45) is 4.52. The van der Waals surface area contributed by atoms with Crippen molar-refractivity contribution in [3.8, 4) is 0 Å². The molecule has 3 nitrogen and oxygen atoms in total. The third-order valence-corrected chi connectivity index (χ3v) is 4.58. The first-order chi connectivity index (χ1) is 9.97. The van der Waals surface area contributed by atoms with Gasteiger partial charge in [-0.25, -0.2) is 4.98 Å². The number of pyridine rings is 1. The second-order valence-corrected chi connectivity index (χ2v) is 7.27. The fraction of sp³-hybridized carbons (Fsp3) is 0.706. The molecule has 0 radical (unpaired) electrons. The van der Waals surface area contributed by atoms with E-state index in [1.807, 2.05) is 12.3 Å². The summed E-state index contributed by atoms with van der Waals surface area (Å²) in [5.74, 6) is 2.73. The van der Waals surface area contributed by atoms with Crippen LogP contribution in [-0.4, -0.2) is 17.6 Å². The van der Waals surface area contributed by atoms with Gasteiger partial charge in [-0.1, -0.05) is 39.3 Å². The topological polar surface area (TPSA) is 37.0 Å². The van der Waals surface area contributed by atoms with Crippen molar-refractivity contribution in [2.75, 3.05) is 11.9 Å². The van der Waals surface area contributed by atoms with Crippen molar-refractivity contribution in [1.82, 2.24) is 10.3 Å². The number of aromatic nitrogens is 1. The minimum atomic E-state index is 0.624. The molecule has 0 spiro atoms. The Morgan fingerprint density at radius 3 is 2.43 bits per heavy atom. The highest BCUT2D eigenvalue weighted by Crippen LogP contribution is 2.25. The number of hydrogen-bond donors (Lipinski definition) is 2. The third-order valence-electron chi connectivity index (χ3n) is 4.29. The molecule has 1 fully saturated rings. The summed E-state index contributed by atoms with van der Waals surface area (Å²) >= 11 is 6.35. The Kier molecular flexibility index (Phi) is 5.88. The molecule has 0 aliphatic heterocycles. The number of anilines is 1. The van der Waals surface area contributed by atoms with Crippen molar-refractivity contribution in [3.05, 3.63) is 22.8 Å². The molecule has 4 heteroatoms. The molecule has 1 heterocycles. The average molecular weight is 310 g/mol. The molecule has 21 heavy (non-hydrogen) atoms. The second kappa shape index (κ2) is 7.46. The predicted octanol–water partition coefficient (Wildman–Crippen LogP) is 4.33. The first kappa shape index (κ1) is 16.6. The predicted molar refractivity (Wildman–Crippen MR) is 90.8 cm³/mol. The van der Waals surface area contributed by atoms with E-state index in [4.69, 9.17) is 11.6 Å². The molecule has 1 aliphatic carbocycles. The lowest BCUT2D eigenvalue weighted by Gasteiger charge is -2.25. The zero-order valence-corrected chi connectivity index (χ0v) is 14.4. The summed E-state index contributed by atoms with van der Waals surface area (Å²) in [4.78, 5) is 4.48. The van der Waals surface area contributed by atoms with Crippen LogP contribution in [0.3, 0.4) is 0 Å². The molecule has 0 unspecified atom stereocenters. The van der Waals surface area contributed by atoms with Crippen LogP contribution in [0.15, 0.2) is 12.3 Å². The largest absolute Gasteiger partial charge is 0.369 e. The van der Waals surface area contributed by atoms with Gasteiger partial charge < -0.3 is 10.6 Å². The first-order valence-corrected chi connectivity index (χ1v) is 8.46. The first-order valence-electron chi connectivity index (χ1n) is 8.09. The Morgan fingerprint density at radius 2 is 1.90 bits per heavy atom. The summed E-state index contributed by atoms with van der Waals surface area (Å²) in [6, 6.07) is 2.73. The lowest BCUT2D eigenvalue weighted by atomic mass is 9.85. The van der Waals surface area contributed by atoms with Gasteiger partial charge in [0.15, 0.2) is 0 Å². The third kappa shape index (κ3) is 5.15. The number of halogens is 1. The van der Waals surface area contributed by atoms with Crippen molar-refractivity contribution >= 4 is 17.4 Å². The Hall–Kier alpha value is -0.800. The molecule has 118 valence electrons. The molecule has 1 aliphatic rings. The molecule has 0 saturated heterocycles. The molecule has 0 bridgehead atoms. The van der Waals surface area contributed by atoms with Crippen LogP contribution < -0.4 is 10.6 Å². The van der Waals surface area contributed by atoms with Gasteiger partial charge in [-0.05, 0) is 42.2 Å². The summed E-state index contributed by atoms with van der Waals surface area (Å²) in [5, 5.41) is 7.62. The maximum absolute atomic E-state index is 6.35. The van der Waals surface area contributed by atoms with Crippen molar-refractivity contribution in [3.63, 3.8) is 0 Å².